The van der Waals surface area contributed by atoms with Crippen molar-refractivity contribution in [1.82, 2.24) is 10.2 Å². The van der Waals surface area contributed by atoms with E-state index in [1.807, 2.05) is 29.2 Å². The maximum absolute atomic E-state index is 11.4. The number of hydrogen-bond acceptors (Lipinski definition) is 3. The van der Waals surface area contributed by atoms with Crippen molar-refractivity contribution in [2.75, 3.05) is 26.7 Å². The van der Waals surface area contributed by atoms with E-state index in [9.17, 15) is 9.90 Å². The van der Waals surface area contributed by atoms with Crippen molar-refractivity contribution in [3.05, 3.63) is 34.3 Å². The lowest BCUT2D eigenvalue weighted by atomic mass is 10.1. The quantitative estimate of drug-likeness (QED) is 0.804. The molecular weight excluding hydrogens is 308 g/mol. The molecule has 0 aliphatic heterocycles. The number of carbonyl (C=O) groups is 1. The van der Waals surface area contributed by atoms with Crippen LogP contribution in [0.1, 0.15) is 25.0 Å². The van der Waals surface area contributed by atoms with Crippen LogP contribution in [-0.4, -0.2) is 42.6 Å². The second kappa shape index (κ2) is 8.30. The Labute approximate surface area is 122 Å². The normalized spacial score (nSPS) is 12.5. The number of benzene rings is 1. The van der Waals surface area contributed by atoms with Crippen molar-refractivity contribution in [2.45, 2.75) is 19.4 Å². The molecule has 0 fully saturated rings. The van der Waals surface area contributed by atoms with Crippen LogP contribution in [0.2, 0.25) is 0 Å². The van der Waals surface area contributed by atoms with Crippen molar-refractivity contribution in [1.29, 1.82) is 0 Å². The molecule has 0 aromatic heterocycles. The summed E-state index contributed by atoms with van der Waals surface area (Å²) in [5, 5.41) is 12.8. The Morgan fingerprint density at radius 1 is 1.53 bits per heavy atom. The SMILES string of the molecule is CCCN(CC(=O)NC)CC(O)c1cccc(Br)c1. The highest BCUT2D eigenvalue weighted by molar-refractivity contribution is 9.10. The predicted octanol–water partition coefficient (Wildman–Crippen LogP) is 1.94. The van der Waals surface area contributed by atoms with Crippen LogP contribution >= 0.6 is 15.9 Å². The Morgan fingerprint density at radius 2 is 2.26 bits per heavy atom. The highest BCUT2D eigenvalue weighted by Crippen LogP contribution is 2.19. The molecule has 0 radical (unpaired) electrons. The molecule has 0 saturated carbocycles. The zero-order chi connectivity index (χ0) is 14.3. The molecule has 1 aromatic carbocycles. The van der Waals surface area contributed by atoms with Gasteiger partial charge in [-0.05, 0) is 30.7 Å². The number of hydrogen-bond donors (Lipinski definition) is 2. The molecule has 1 unspecified atom stereocenters. The maximum Gasteiger partial charge on any atom is 0.233 e. The van der Waals surface area contributed by atoms with Crippen LogP contribution < -0.4 is 5.32 Å². The average Bonchev–Trinajstić information content (AvgIpc) is 2.38. The minimum Gasteiger partial charge on any atom is -0.387 e. The summed E-state index contributed by atoms with van der Waals surface area (Å²) in [4.78, 5) is 13.4. The van der Waals surface area contributed by atoms with Crippen molar-refractivity contribution >= 4 is 21.8 Å². The third kappa shape index (κ3) is 5.72. The smallest absolute Gasteiger partial charge is 0.233 e. The van der Waals surface area contributed by atoms with Gasteiger partial charge in [-0.3, -0.25) is 9.69 Å². The number of likely N-dealkylation sites (N-methyl/N-ethyl adjacent to an activating group) is 1. The molecule has 0 aliphatic carbocycles. The summed E-state index contributed by atoms with van der Waals surface area (Å²) in [6.45, 7) is 3.62. The van der Waals surface area contributed by atoms with Gasteiger partial charge in [-0.15, -0.1) is 0 Å². The molecule has 19 heavy (non-hydrogen) atoms. The van der Waals surface area contributed by atoms with Gasteiger partial charge in [-0.1, -0.05) is 35.0 Å². The van der Waals surface area contributed by atoms with E-state index < -0.39 is 6.10 Å². The molecule has 5 heteroatoms. The first-order valence-corrected chi connectivity index (χ1v) is 7.22. The van der Waals surface area contributed by atoms with Gasteiger partial charge in [-0.25, -0.2) is 0 Å². The Hall–Kier alpha value is -0.910. The van der Waals surface area contributed by atoms with Gasteiger partial charge in [0.2, 0.25) is 5.91 Å². The number of carbonyl (C=O) groups excluding carboxylic acids is 1. The van der Waals surface area contributed by atoms with Crippen LogP contribution in [0.25, 0.3) is 0 Å². The van der Waals surface area contributed by atoms with Crippen LogP contribution in [0.5, 0.6) is 0 Å². The first-order valence-electron chi connectivity index (χ1n) is 6.43. The van der Waals surface area contributed by atoms with Crippen molar-refractivity contribution in [3.63, 3.8) is 0 Å². The molecule has 0 aliphatic rings. The number of amides is 1. The Balaban J connectivity index is 2.64. The number of halogens is 1. The second-order valence-electron chi connectivity index (χ2n) is 4.48. The molecule has 0 bridgehead atoms. The molecule has 1 rings (SSSR count). The molecular formula is C14H21BrN2O2. The Morgan fingerprint density at radius 3 is 2.84 bits per heavy atom. The van der Waals surface area contributed by atoms with Gasteiger partial charge in [0, 0.05) is 18.1 Å². The summed E-state index contributed by atoms with van der Waals surface area (Å²) < 4.78 is 0.942. The lowest BCUT2D eigenvalue weighted by Crippen LogP contribution is -2.38. The standard InChI is InChI=1S/C14H21BrN2O2/c1-3-7-17(10-14(19)16-2)9-13(18)11-5-4-6-12(15)8-11/h4-6,8,13,18H,3,7,9-10H2,1-2H3,(H,16,19). The lowest BCUT2D eigenvalue weighted by molar-refractivity contribution is -0.122. The largest absolute Gasteiger partial charge is 0.387 e. The zero-order valence-electron chi connectivity index (χ0n) is 11.4. The number of nitrogens with zero attached hydrogens (tertiary/aromatic N) is 1. The van der Waals surface area contributed by atoms with E-state index in [1.54, 1.807) is 7.05 Å². The summed E-state index contributed by atoms with van der Waals surface area (Å²) in [6, 6.07) is 7.60. The van der Waals surface area contributed by atoms with E-state index >= 15 is 0 Å². The molecule has 0 spiro atoms. The maximum atomic E-state index is 11.4. The van der Waals surface area contributed by atoms with E-state index in [2.05, 4.69) is 28.2 Å². The number of nitrogens with one attached hydrogen (secondary N) is 1. The highest BCUT2D eigenvalue weighted by Gasteiger charge is 2.15. The van der Waals surface area contributed by atoms with Gasteiger partial charge in [0.25, 0.3) is 0 Å². The number of aliphatic hydroxyl groups is 1. The fourth-order valence-corrected chi connectivity index (χ4v) is 2.31. The lowest BCUT2D eigenvalue weighted by Gasteiger charge is -2.24. The van der Waals surface area contributed by atoms with E-state index in [0.29, 0.717) is 13.1 Å². The number of aliphatic hydroxyl groups excluding tert-OH is 1. The van der Waals surface area contributed by atoms with E-state index in [0.717, 1.165) is 23.0 Å². The minimum absolute atomic E-state index is 0.0325. The summed E-state index contributed by atoms with van der Waals surface area (Å²) in [5.41, 5.74) is 0.854. The number of rotatable bonds is 7. The molecule has 4 nitrogen and oxygen atoms in total. The van der Waals surface area contributed by atoms with E-state index in [-0.39, 0.29) is 5.91 Å². The van der Waals surface area contributed by atoms with Gasteiger partial charge in [0.15, 0.2) is 0 Å². The van der Waals surface area contributed by atoms with Crippen LogP contribution in [0.4, 0.5) is 0 Å². The summed E-state index contributed by atoms with van der Waals surface area (Å²) in [5.74, 6) is -0.0325. The van der Waals surface area contributed by atoms with Gasteiger partial charge >= 0.3 is 0 Å². The van der Waals surface area contributed by atoms with Crippen LogP contribution in [0.3, 0.4) is 0 Å². The molecule has 1 amide bonds. The third-order valence-corrected chi connectivity index (χ3v) is 3.34. The van der Waals surface area contributed by atoms with Crippen molar-refractivity contribution in [2.24, 2.45) is 0 Å². The summed E-state index contributed by atoms with van der Waals surface area (Å²) in [7, 11) is 1.62. The zero-order valence-corrected chi connectivity index (χ0v) is 13.0. The summed E-state index contributed by atoms with van der Waals surface area (Å²) in [6.07, 6.45) is 0.357. The highest BCUT2D eigenvalue weighted by atomic mass is 79.9. The van der Waals surface area contributed by atoms with Crippen LogP contribution in [0, 0.1) is 0 Å². The first kappa shape index (κ1) is 16.1. The van der Waals surface area contributed by atoms with Crippen molar-refractivity contribution in [3.8, 4) is 0 Å². The Kier molecular flexibility index (Phi) is 7.05. The van der Waals surface area contributed by atoms with Gasteiger partial charge in [0.05, 0.1) is 12.6 Å². The minimum atomic E-state index is -0.589. The molecule has 1 aromatic rings. The van der Waals surface area contributed by atoms with Crippen LogP contribution in [0.15, 0.2) is 28.7 Å². The predicted molar refractivity (Wildman–Crippen MR) is 79.9 cm³/mol. The third-order valence-electron chi connectivity index (χ3n) is 2.85. The van der Waals surface area contributed by atoms with E-state index in [4.69, 9.17) is 0 Å². The Bertz CT molecular complexity index is 412. The second-order valence-corrected chi connectivity index (χ2v) is 5.39. The van der Waals surface area contributed by atoms with Crippen molar-refractivity contribution < 1.29 is 9.90 Å². The topological polar surface area (TPSA) is 52.6 Å². The van der Waals surface area contributed by atoms with Gasteiger partial charge < -0.3 is 10.4 Å². The average molecular weight is 329 g/mol. The van der Waals surface area contributed by atoms with Gasteiger partial charge in [0.1, 0.15) is 0 Å². The van der Waals surface area contributed by atoms with E-state index in [1.165, 1.54) is 0 Å². The summed E-state index contributed by atoms with van der Waals surface area (Å²) >= 11 is 3.39. The molecule has 2 N–H and O–H groups in total. The molecule has 0 saturated heterocycles. The van der Waals surface area contributed by atoms with Crippen LogP contribution in [-0.2, 0) is 4.79 Å². The fourth-order valence-electron chi connectivity index (χ4n) is 1.90. The monoisotopic (exact) mass is 328 g/mol. The molecule has 106 valence electrons. The molecule has 1 atom stereocenters. The van der Waals surface area contributed by atoms with Gasteiger partial charge in [-0.2, -0.15) is 0 Å². The molecule has 0 heterocycles. The fraction of sp³-hybridized carbons (Fsp3) is 0.500. The first-order chi connectivity index (χ1) is 9.06.